The van der Waals surface area contributed by atoms with Crippen molar-refractivity contribution in [2.24, 2.45) is 5.92 Å². The van der Waals surface area contributed by atoms with Gasteiger partial charge in [-0.05, 0) is 54.8 Å². The monoisotopic (exact) mass is 507 g/mol. The van der Waals surface area contributed by atoms with E-state index >= 15 is 0 Å². The Morgan fingerprint density at radius 2 is 1.54 bits per heavy atom. The number of hydrogen-bond donors (Lipinski definition) is 2. The summed E-state index contributed by atoms with van der Waals surface area (Å²) >= 11 is 0. The van der Waals surface area contributed by atoms with Gasteiger partial charge in [0.2, 0.25) is 15.9 Å². The van der Waals surface area contributed by atoms with Crippen molar-refractivity contribution in [3.63, 3.8) is 0 Å². The van der Waals surface area contributed by atoms with E-state index in [0.29, 0.717) is 18.4 Å². The van der Waals surface area contributed by atoms with Crippen LogP contribution >= 0.6 is 0 Å². The summed E-state index contributed by atoms with van der Waals surface area (Å²) in [4.78, 5) is 38.7. The molecule has 186 valence electrons. The van der Waals surface area contributed by atoms with E-state index in [9.17, 15) is 36.7 Å². The number of halogens is 2. The Morgan fingerprint density at radius 3 is 2.09 bits per heavy atom. The molecule has 1 heterocycles. The Morgan fingerprint density at radius 1 is 0.971 bits per heavy atom. The van der Waals surface area contributed by atoms with Crippen LogP contribution in [-0.2, 0) is 24.4 Å². The molecule has 1 saturated heterocycles. The van der Waals surface area contributed by atoms with Gasteiger partial charge in [-0.25, -0.2) is 17.2 Å². The first-order valence-corrected chi connectivity index (χ1v) is 12.4. The molecule has 12 heteroatoms. The molecule has 2 unspecified atom stereocenters. The quantitative estimate of drug-likeness (QED) is 0.562. The molecular formula is C23H23F2N3O6S. The fraction of sp³-hybridized carbons (Fsp3) is 0.348. The first-order valence-electron chi connectivity index (χ1n) is 10.9. The molecule has 35 heavy (non-hydrogen) atoms. The summed E-state index contributed by atoms with van der Waals surface area (Å²) in [7, 11) is -4.30. The molecule has 2 fully saturated rings. The highest BCUT2D eigenvalue weighted by Gasteiger charge is 2.49. The third-order valence-electron chi connectivity index (χ3n) is 5.96. The smallest absolute Gasteiger partial charge is 0.305 e. The lowest BCUT2D eigenvalue weighted by molar-refractivity contribution is -0.142. The second-order valence-electron chi connectivity index (χ2n) is 8.46. The molecule has 0 bridgehead atoms. The highest BCUT2D eigenvalue weighted by Crippen LogP contribution is 2.35. The van der Waals surface area contributed by atoms with Gasteiger partial charge in [0.15, 0.2) is 6.17 Å². The van der Waals surface area contributed by atoms with Crippen molar-refractivity contribution in [3.05, 3.63) is 65.7 Å². The van der Waals surface area contributed by atoms with Crippen LogP contribution in [0.2, 0.25) is 0 Å². The molecule has 9 nitrogen and oxygen atoms in total. The standard InChI is InChI=1S/C23H23F2N3O6S/c24-16-5-3-14(4-6-16)19(13-20(29)30)26-21(31)22-27(23(32)15-1-2-15)11-12-28(22)35(33,34)18-9-7-17(25)8-10-18/h3-10,15,19,22H,1-2,11-13H2,(H,26,31)(H,29,30). The fourth-order valence-corrected chi connectivity index (χ4v) is 5.58. The average molecular weight is 508 g/mol. The predicted molar refractivity (Wildman–Crippen MR) is 118 cm³/mol. The van der Waals surface area contributed by atoms with E-state index in [1.807, 2.05) is 0 Å². The minimum Gasteiger partial charge on any atom is -0.481 e. The van der Waals surface area contributed by atoms with E-state index in [0.717, 1.165) is 40.7 Å². The van der Waals surface area contributed by atoms with E-state index in [2.05, 4.69) is 5.32 Å². The van der Waals surface area contributed by atoms with Gasteiger partial charge in [-0.2, -0.15) is 4.31 Å². The zero-order valence-electron chi connectivity index (χ0n) is 18.4. The van der Waals surface area contributed by atoms with Crippen LogP contribution in [0.5, 0.6) is 0 Å². The van der Waals surface area contributed by atoms with E-state index in [1.165, 1.54) is 17.0 Å². The van der Waals surface area contributed by atoms with E-state index in [-0.39, 0.29) is 29.8 Å². The van der Waals surface area contributed by atoms with Gasteiger partial charge in [-0.3, -0.25) is 14.4 Å². The van der Waals surface area contributed by atoms with E-state index < -0.39 is 52.2 Å². The SMILES string of the molecule is O=C(O)CC(NC(=O)C1N(C(=O)C2CC2)CCN1S(=O)(=O)c1ccc(F)cc1)c1ccc(F)cc1. The topological polar surface area (TPSA) is 124 Å². The second-order valence-corrected chi connectivity index (χ2v) is 10.4. The summed E-state index contributed by atoms with van der Waals surface area (Å²) in [6.07, 6.45) is -0.849. The Labute approximate surface area is 200 Å². The molecule has 2 aliphatic rings. The maximum atomic E-state index is 13.4. The number of nitrogens with one attached hydrogen (secondary N) is 1. The summed E-state index contributed by atoms with van der Waals surface area (Å²) in [5.74, 6) is -3.99. The molecule has 1 saturated carbocycles. The summed E-state index contributed by atoms with van der Waals surface area (Å²) in [6.45, 7) is -0.204. The number of hydrogen-bond acceptors (Lipinski definition) is 5. The number of rotatable bonds is 8. The molecule has 4 rings (SSSR count). The third-order valence-corrected chi connectivity index (χ3v) is 7.83. The second kappa shape index (κ2) is 9.70. The molecule has 2 aromatic carbocycles. The third kappa shape index (κ3) is 5.33. The normalized spacial score (nSPS) is 19.4. The van der Waals surface area contributed by atoms with Crippen molar-refractivity contribution in [2.45, 2.75) is 36.4 Å². The zero-order valence-corrected chi connectivity index (χ0v) is 19.2. The minimum atomic E-state index is -4.30. The molecule has 1 aliphatic heterocycles. The minimum absolute atomic E-state index is 0.0337. The van der Waals surface area contributed by atoms with Crippen LogP contribution in [0, 0.1) is 17.6 Å². The van der Waals surface area contributed by atoms with Crippen molar-refractivity contribution < 1.29 is 36.7 Å². The van der Waals surface area contributed by atoms with E-state index in [1.54, 1.807) is 0 Å². The molecule has 1 aliphatic carbocycles. The van der Waals surface area contributed by atoms with Crippen LogP contribution in [0.15, 0.2) is 53.4 Å². The molecule has 2 atom stereocenters. The summed E-state index contributed by atoms with van der Waals surface area (Å²) < 4.78 is 54.3. The van der Waals surface area contributed by atoms with Gasteiger partial charge in [0.25, 0.3) is 5.91 Å². The zero-order chi connectivity index (χ0) is 25.3. The predicted octanol–water partition coefficient (Wildman–Crippen LogP) is 1.87. The summed E-state index contributed by atoms with van der Waals surface area (Å²) in [5.41, 5.74) is 0.299. The van der Waals surface area contributed by atoms with Crippen LogP contribution in [0.25, 0.3) is 0 Å². The molecular weight excluding hydrogens is 484 g/mol. The number of carbonyl (C=O) groups is 3. The molecule has 2 aromatic rings. The van der Waals surface area contributed by atoms with Gasteiger partial charge in [0.05, 0.1) is 17.4 Å². The lowest BCUT2D eigenvalue weighted by Crippen LogP contribution is -2.54. The van der Waals surface area contributed by atoms with Gasteiger partial charge < -0.3 is 15.3 Å². The number of nitrogens with zero attached hydrogens (tertiary/aromatic N) is 2. The van der Waals surface area contributed by atoms with Gasteiger partial charge in [-0.15, -0.1) is 0 Å². The van der Waals surface area contributed by atoms with Crippen molar-refractivity contribution in [1.29, 1.82) is 0 Å². The number of carbonyl (C=O) groups excluding carboxylic acids is 2. The van der Waals surface area contributed by atoms with Crippen molar-refractivity contribution in [3.8, 4) is 0 Å². The van der Waals surface area contributed by atoms with Gasteiger partial charge >= 0.3 is 5.97 Å². The lowest BCUT2D eigenvalue weighted by atomic mass is 10.0. The highest BCUT2D eigenvalue weighted by atomic mass is 32.2. The van der Waals surface area contributed by atoms with Crippen LogP contribution in [-0.4, -0.2) is 59.8 Å². The molecule has 0 spiro atoms. The molecule has 0 radical (unpaired) electrons. The average Bonchev–Trinajstić information content (AvgIpc) is 3.56. The number of amides is 2. The fourth-order valence-electron chi connectivity index (χ4n) is 4.04. The lowest BCUT2D eigenvalue weighted by Gasteiger charge is -2.30. The Hall–Kier alpha value is -3.38. The first kappa shape index (κ1) is 24.7. The maximum absolute atomic E-state index is 13.4. The maximum Gasteiger partial charge on any atom is 0.305 e. The van der Waals surface area contributed by atoms with Crippen LogP contribution < -0.4 is 5.32 Å². The number of benzene rings is 2. The number of aliphatic carboxylic acids is 1. The molecule has 2 amide bonds. The van der Waals surface area contributed by atoms with Gasteiger partial charge in [0, 0.05) is 19.0 Å². The first-order chi connectivity index (χ1) is 16.6. The Bertz CT molecular complexity index is 1230. The van der Waals surface area contributed by atoms with Crippen LogP contribution in [0.4, 0.5) is 8.78 Å². The van der Waals surface area contributed by atoms with Gasteiger partial charge in [0.1, 0.15) is 11.6 Å². The number of carboxylic acid groups (broad SMARTS) is 1. The number of sulfonamides is 1. The Balaban J connectivity index is 1.66. The van der Waals surface area contributed by atoms with Crippen molar-refractivity contribution in [1.82, 2.24) is 14.5 Å². The summed E-state index contributed by atoms with van der Waals surface area (Å²) in [5, 5.41) is 11.9. The van der Waals surface area contributed by atoms with Crippen LogP contribution in [0.3, 0.4) is 0 Å². The van der Waals surface area contributed by atoms with Crippen molar-refractivity contribution in [2.75, 3.05) is 13.1 Å². The van der Waals surface area contributed by atoms with Crippen molar-refractivity contribution >= 4 is 27.8 Å². The largest absolute Gasteiger partial charge is 0.481 e. The Kier molecular flexibility index (Phi) is 6.86. The molecule has 2 N–H and O–H groups in total. The van der Waals surface area contributed by atoms with E-state index in [4.69, 9.17) is 0 Å². The number of carboxylic acids is 1. The van der Waals surface area contributed by atoms with Gasteiger partial charge in [-0.1, -0.05) is 12.1 Å². The highest BCUT2D eigenvalue weighted by molar-refractivity contribution is 7.89. The van der Waals surface area contributed by atoms with Crippen LogP contribution in [0.1, 0.15) is 30.9 Å². The summed E-state index contributed by atoms with van der Waals surface area (Å²) in [6, 6.07) is 7.84. The molecule has 0 aromatic heterocycles.